The van der Waals surface area contributed by atoms with Crippen molar-refractivity contribution in [3.8, 4) is 5.75 Å². The summed E-state index contributed by atoms with van der Waals surface area (Å²) in [7, 11) is 0. The molecule has 1 heterocycles. The molecule has 0 saturated heterocycles. The van der Waals surface area contributed by atoms with E-state index >= 15 is 0 Å². The van der Waals surface area contributed by atoms with Crippen molar-refractivity contribution in [3.05, 3.63) is 46.2 Å². The van der Waals surface area contributed by atoms with Crippen LogP contribution in [0.1, 0.15) is 21.9 Å². The van der Waals surface area contributed by atoms with Gasteiger partial charge in [-0.2, -0.15) is 0 Å². The Balaban J connectivity index is 1.88. The van der Waals surface area contributed by atoms with Crippen LogP contribution in [0.25, 0.3) is 0 Å². The monoisotopic (exact) mass is 309 g/mol. The quantitative estimate of drug-likeness (QED) is 0.766. The third kappa shape index (κ3) is 4.51. The fraction of sp³-hybridized carbons (Fsp3) is 0.286. The maximum atomic E-state index is 13.4. The number of amides is 1. The second-order valence-electron chi connectivity index (χ2n) is 4.24. The molecule has 1 aromatic carbocycles. The number of para-hydroxylation sites is 1. The summed E-state index contributed by atoms with van der Waals surface area (Å²) in [6.07, 6.45) is 0.721. The Bertz CT molecular complexity index is 603. The van der Waals surface area contributed by atoms with Gasteiger partial charge in [-0.1, -0.05) is 12.1 Å². The Morgan fingerprint density at radius 1 is 1.43 bits per heavy atom. The zero-order valence-electron chi connectivity index (χ0n) is 11.3. The lowest BCUT2D eigenvalue weighted by Crippen LogP contribution is -2.26. The Kier molecular flexibility index (Phi) is 5.65. The molecule has 21 heavy (non-hydrogen) atoms. The van der Waals surface area contributed by atoms with Crippen molar-refractivity contribution in [1.82, 2.24) is 10.3 Å². The summed E-state index contributed by atoms with van der Waals surface area (Å²) in [5.74, 6) is -0.493. The first-order chi connectivity index (χ1) is 10.2. The van der Waals surface area contributed by atoms with Crippen molar-refractivity contribution >= 4 is 17.2 Å². The predicted molar refractivity (Wildman–Crippen MR) is 78.9 cm³/mol. The van der Waals surface area contributed by atoms with Crippen LogP contribution < -0.4 is 15.8 Å². The maximum absolute atomic E-state index is 13.4. The molecule has 0 aliphatic rings. The van der Waals surface area contributed by atoms with E-state index in [1.807, 2.05) is 0 Å². The molecule has 0 atom stereocenters. The van der Waals surface area contributed by atoms with Gasteiger partial charge in [0.1, 0.15) is 17.3 Å². The first kappa shape index (κ1) is 15.4. The molecule has 0 fully saturated rings. The zero-order chi connectivity index (χ0) is 15.1. The van der Waals surface area contributed by atoms with Crippen LogP contribution >= 0.6 is 11.3 Å². The van der Waals surface area contributed by atoms with E-state index in [-0.39, 0.29) is 18.3 Å². The Morgan fingerprint density at radius 2 is 2.24 bits per heavy atom. The third-order valence-corrected chi connectivity index (χ3v) is 3.46. The van der Waals surface area contributed by atoms with E-state index in [0.717, 1.165) is 6.42 Å². The Hall–Kier alpha value is -1.99. The molecule has 0 aliphatic heterocycles. The zero-order valence-corrected chi connectivity index (χ0v) is 12.2. The molecule has 0 saturated carbocycles. The van der Waals surface area contributed by atoms with Gasteiger partial charge < -0.3 is 15.8 Å². The molecule has 0 radical (unpaired) electrons. The number of halogens is 1. The number of carbonyl (C=O) groups excluding carboxylic acids is 1. The van der Waals surface area contributed by atoms with Gasteiger partial charge in [-0.05, 0) is 25.1 Å². The van der Waals surface area contributed by atoms with Crippen LogP contribution in [0, 0.1) is 5.82 Å². The molecule has 2 aromatic rings. The number of aromatic nitrogens is 1. The minimum Gasteiger partial charge on any atom is -0.483 e. The van der Waals surface area contributed by atoms with E-state index in [1.165, 1.54) is 17.4 Å². The van der Waals surface area contributed by atoms with Gasteiger partial charge in [-0.3, -0.25) is 4.79 Å². The van der Waals surface area contributed by atoms with Crippen molar-refractivity contribution in [3.63, 3.8) is 0 Å². The standard InChI is InChI=1S/C14H16FN3O2S/c15-10-4-1-2-5-12(10)20-8-13-18-11(9-21-13)14(19)17-7-3-6-16/h1-2,4-5,9H,3,6-8,16H2,(H,17,19). The van der Waals surface area contributed by atoms with Gasteiger partial charge >= 0.3 is 0 Å². The Labute approximate surface area is 126 Å². The lowest BCUT2D eigenvalue weighted by atomic mass is 10.3. The minimum atomic E-state index is -0.422. The van der Waals surface area contributed by atoms with Crippen LogP contribution in [0.2, 0.25) is 0 Å². The van der Waals surface area contributed by atoms with Gasteiger partial charge in [0.15, 0.2) is 11.6 Å². The SMILES string of the molecule is NCCCNC(=O)c1csc(COc2ccccc2F)n1. The van der Waals surface area contributed by atoms with E-state index in [4.69, 9.17) is 10.5 Å². The Morgan fingerprint density at radius 3 is 3.00 bits per heavy atom. The van der Waals surface area contributed by atoms with Crippen molar-refractivity contribution in [1.29, 1.82) is 0 Å². The van der Waals surface area contributed by atoms with E-state index in [0.29, 0.717) is 23.8 Å². The van der Waals surface area contributed by atoms with Crippen LogP contribution in [0.3, 0.4) is 0 Å². The normalized spacial score (nSPS) is 10.4. The van der Waals surface area contributed by atoms with Crippen molar-refractivity contribution in [2.24, 2.45) is 5.73 Å². The van der Waals surface area contributed by atoms with Gasteiger partial charge in [0.25, 0.3) is 5.91 Å². The lowest BCUT2D eigenvalue weighted by Gasteiger charge is -2.04. The van der Waals surface area contributed by atoms with Gasteiger partial charge in [0, 0.05) is 11.9 Å². The van der Waals surface area contributed by atoms with Gasteiger partial charge in [-0.25, -0.2) is 9.37 Å². The van der Waals surface area contributed by atoms with Crippen molar-refractivity contribution in [2.75, 3.05) is 13.1 Å². The summed E-state index contributed by atoms with van der Waals surface area (Å²) < 4.78 is 18.7. The summed E-state index contributed by atoms with van der Waals surface area (Å²) in [6.45, 7) is 1.18. The topological polar surface area (TPSA) is 77.2 Å². The van der Waals surface area contributed by atoms with Crippen LogP contribution in [-0.4, -0.2) is 24.0 Å². The number of nitrogens with one attached hydrogen (secondary N) is 1. The van der Waals surface area contributed by atoms with Crippen LogP contribution in [-0.2, 0) is 6.61 Å². The number of nitrogens with two attached hydrogens (primary N) is 1. The van der Waals surface area contributed by atoms with Crippen LogP contribution in [0.5, 0.6) is 5.75 Å². The average molecular weight is 309 g/mol. The van der Waals surface area contributed by atoms with Crippen molar-refractivity contribution < 1.29 is 13.9 Å². The summed E-state index contributed by atoms with van der Waals surface area (Å²) in [5.41, 5.74) is 5.69. The van der Waals surface area contributed by atoms with Crippen LogP contribution in [0.4, 0.5) is 4.39 Å². The third-order valence-electron chi connectivity index (χ3n) is 2.64. The second-order valence-corrected chi connectivity index (χ2v) is 5.19. The molecular weight excluding hydrogens is 293 g/mol. The number of hydrogen-bond acceptors (Lipinski definition) is 5. The number of rotatable bonds is 7. The smallest absolute Gasteiger partial charge is 0.270 e. The average Bonchev–Trinajstić information content (AvgIpc) is 2.95. The van der Waals surface area contributed by atoms with E-state index in [2.05, 4.69) is 10.3 Å². The molecule has 1 amide bonds. The number of ether oxygens (including phenoxy) is 1. The van der Waals surface area contributed by atoms with Gasteiger partial charge in [0.2, 0.25) is 0 Å². The highest BCUT2D eigenvalue weighted by molar-refractivity contribution is 7.09. The van der Waals surface area contributed by atoms with Gasteiger partial charge in [0.05, 0.1) is 0 Å². The number of carbonyl (C=O) groups is 1. The largest absolute Gasteiger partial charge is 0.483 e. The summed E-state index contributed by atoms with van der Waals surface area (Å²) in [4.78, 5) is 15.9. The van der Waals surface area contributed by atoms with E-state index in [1.54, 1.807) is 23.6 Å². The molecule has 5 nitrogen and oxygen atoms in total. The highest BCUT2D eigenvalue weighted by Crippen LogP contribution is 2.18. The first-order valence-electron chi connectivity index (χ1n) is 6.50. The first-order valence-corrected chi connectivity index (χ1v) is 7.38. The number of nitrogens with zero attached hydrogens (tertiary/aromatic N) is 1. The molecule has 0 aliphatic carbocycles. The molecule has 1 aromatic heterocycles. The fourth-order valence-electron chi connectivity index (χ4n) is 1.58. The van der Waals surface area contributed by atoms with Gasteiger partial charge in [-0.15, -0.1) is 11.3 Å². The van der Waals surface area contributed by atoms with E-state index in [9.17, 15) is 9.18 Å². The molecule has 0 unspecified atom stereocenters. The molecular formula is C14H16FN3O2S. The van der Waals surface area contributed by atoms with E-state index < -0.39 is 5.82 Å². The maximum Gasteiger partial charge on any atom is 0.270 e. The van der Waals surface area contributed by atoms with Crippen molar-refractivity contribution in [2.45, 2.75) is 13.0 Å². The highest BCUT2D eigenvalue weighted by atomic mass is 32.1. The lowest BCUT2D eigenvalue weighted by molar-refractivity contribution is 0.0949. The molecule has 7 heteroatoms. The number of benzene rings is 1. The molecule has 0 bridgehead atoms. The summed E-state index contributed by atoms with van der Waals surface area (Å²) >= 11 is 1.30. The second kappa shape index (κ2) is 7.70. The molecule has 3 N–H and O–H groups in total. The summed E-state index contributed by atoms with van der Waals surface area (Å²) in [5, 5.41) is 4.98. The minimum absolute atomic E-state index is 0.127. The highest BCUT2D eigenvalue weighted by Gasteiger charge is 2.11. The predicted octanol–water partition coefficient (Wildman–Crippen LogP) is 1.94. The molecule has 112 valence electrons. The van der Waals surface area contributed by atoms with Crippen LogP contribution in [0.15, 0.2) is 29.6 Å². The summed E-state index contributed by atoms with van der Waals surface area (Å²) in [6, 6.07) is 6.16. The fourth-order valence-corrected chi connectivity index (χ4v) is 2.26. The molecule has 0 spiro atoms. The number of hydrogen-bond donors (Lipinski definition) is 2. The number of thiazole rings is 1. The molecule has 2 rings (SSSR count).